The lowest BCUT2D eigenvalue weighted by Gasteiger charge is -2.07. The summed E-state index contributed by atoms with van der Waals surface area (Å²) in [6.45, 7) is 5.77. The number of aryl methyl sites for hydroxylation is 3. The summed E-state index contributed by atoms with van der Waals surface area (Å²) in [6.07, 6.45) is 1.82. The second-order valence-corrected chi connectivity index (χ2v) is 7.75. The second kappa shape index (κ2) is 7.52. The van der Waals surface area contributed by atoms with Gasteiger partial charge in [-0.05, 0) is 68.8 Å². The van der Waals surface area contributed by atoms with Crippen LogP contribution in [0, 0.1) is 26.6 Å². The van der Waals surface area contributed by atoms with Crippen LogP contribution in [0.25, 0.3) is 22.7 Å². The molecule has 9 heteroatoms. The van der Waals surface area contributed by atoms with Crippen molar-refractivity contribution in [3.05, 3.63) is 77.3 Å². The van der Waals surface area contributed by atoms with E-state index >= 15 is 0 Å². The predicted octanol–water partition coefficient (Wildman–Crippen LogP) is 3.68. The molecule has 0 aliphatic rings. The number of nitrogens with one attached hydrogen (secondary N) is 1. The van der Waals surface area contributed by atoms with Gasteiger partial charge in [-0.1, -0.05) is 0 Å². The summed E-state index contributed by atoms with van der Waals surface area (Å²) in [4.78, 5) is 26.4. The number of hydrogen-bond donors (Lipinski definition) is 1. The Morgan fingerprint density at radius 3 is 2.59 bits per heavy atom. The molecule has 0 unspecified atom stereocenters. The zero-order valence-corrected chi connectivity index (χ0v) is 17.8. The van der Waals surface area contributed by atoms with Gasteiger partial charge >= 0.3 is 0 Å². The molecule has 0 saturated carbocycles. The highest BCUT2D eigenvalue weighted by Crippen LogP contribution is 2.29. The molecule has 8 nitrogen and oxygen atoms in total. The number of carbonyl (C=O) groups is 1. The summed E-state index contributed by atoms with van der Waals surface area (Å²) in [6, 6.07) is 11.8. The van der Waals surface area contributed by atoms with Gasteiger partial charge in [-0.3, -0.25) is 9.20 Å². The first-order valence-electron chi connectivity index (χ1n) is 10.1. The summed E-state index contributed by atoms with van der Waals surface area (Å²) < 4.78 is 16.9. The number of hydrogen-bond acceptors (Lipinski definition) is 5. The average molecular weight is 429 g/mol. The summed E-state index contributed by atoms with van der Waals surface area (Å²) in [5.41, 5.74) is 4.70. The topological polar surface area (TPSA) is 89.5 Å². The maximum atomic E-state index is 13.4. The van der Waals surface area contributed by atoms with Crippen LogP contribution < -0.4 is 5.32 Å². The molecule has 0 aliphatic carbocycles. The van der Waals surface area contributed by atoms with Gasteiger partial charge in [0.15, 0.2) is 5.82 Å². The van der Waals surface area contributed by atoms with Crippen LogP contribution >= 0.6 is 0 Å². The molecule has 0 aliphatic heterocycles. The van der Waals surface area contributed by atoms with Crippen molar-refractivity contribution in [1.29, 1.82) is 0 Å². The highest BCUT2D eigenvalue weighted by Gasteiger charge is 2.18. The van der Waals surface area contributed by atoms with E-state index in [1.807, 2.05) is 45.2 Å². The second-order valence-electron chi connectivity index (χ2n) is 7.75. The fourth-order valence-corrected chi connectivity index (χ4v) is 3.68. The minimum atomic E-state index is -0.337. The fourth-order valence-electron chi connectivity index (χ4n) is 3.68. The van der Waals surface area contributed by atoms with E-state index in [9.17, 15) is 9.18 Å². The quantitative estimate of drug-likeness (QED) is 0.471. The van der Waals surface area contributed by atoms with Crippen LogP contribution in [0.3, 0.4) is 0 Å². The minimum Gasteiger partial charge on any atom is -0.310 e. The van der Waals surface area contributed by atoms with E-state index in [1.54, 1.807) is 21.0 Å². The number of amides is 1. The third-order valence-corrected chi connectivity index (χ3v) is 5.14. The first kappa shape index (κ1) is 19.8. The molecule has 1 N–H and O–H groups in total. The molecule has 4 aromatic heterocycles. The van der Waals surface area contributed by atoms with E-state index in [-0.39, 0.29) is 18.1 Å². The van der Waals surface area contributed by atoms with Gasteiger partial charge in [0.1, 0.15) is 23.0 Å². The Morgan fingerprint density at radius 1 is 1.03 bits per heavy atom. The molecule has 0 fully saturated rings. The van der Waals surface area contributed by atoms with Crippen LogP contribution in [-0.2, 0) is 11.2 Å². The van der Waals surface area contributed by atoms with E-state index < -0.39 is 0 Å². The van der Waals surface area contributed by atoms with Crippen LogP contribution in [0.2, 0.25) is 0 Å². The molecule has 32 heavy (non-hydrogen) atoms. The lowest BCUT2D eigenvalue weighted by molar-refractivity contribution is -0.115. The molecular weight excluding hydrogens is 409 g/mol. The number of benzene rings is 1. The van der Waals surface area contributed by atoms with Crippen molar-refractivity contribution in [2.24, 2.45) is 0 Å². The maximum Gasteiger partial charge on any atom is 0.252 e. The summed E-state index contributed by atoms with van der Waals surface area (Å²) in [5, 5.41) is 7.35. The predicted molar refractivity (Wildman–Crippen MR) is 118 cm³/mol. The summed E-state index contributed by atoms with van der Waals surface area (Å²) >= 11 is 0. The van der Waals surface area contributed by atoms with Gasteiger partial charge in [-0.2, -0.15) is 4.98 Å². The van der Waals surface area contributed by atoms with Gasteiger partial charge in [-0.15, -0.1) is 5.10 Å². The smallest absolute Gasteiger partial charge is 0.252 e. The number of halogens is 1. The fraction of sp³-hybridized carbons (Fsp3) is 0.174. The first-order valence-corrected chi connectivity index (χ1v) is 10.1. The molecule has 0 radical (unpaired) electrons. The molecule has 5 rings (SSSR count). The van der Waals surface area contributed by atoms with Crippen LogP contribution in [0.1, 0.15) is 22.8 Å². The number of imidazole rings is 1. The van der Waals surface area contributed by atoms with Crippen LogP contribution in [-0.4, -0.2) is 34.9 Å². The van der Waals surface area contributed by atoms with Crippen molar-refractivity contribution in [3.8, 4) is 11.3 Å². The lowest BCUT2D eigenvalue weighted by atomic mass is 10.1. The Morgan fingerprint density at radius 2 is 1.81 bits per heavy atom. The van der Waals surface area contributed by atoms with E-state index in [4.69, 9.17) is 0 Å². The normalized spacial score (nSPS) is 11.4. The van der Waals surface area contributed by atoms with E-state index in [0.717, 1.165) is 17.0 Å². The van der Waals surface area contributed by atoms with Gasteiger partial charge in [0.25, 0.3) is 5.78 Å². The number of nitrogens with zero attached hydrogens (tertiary/aromatic N) is 6. The number of fused-ring (bicyclic) bond motifs is 2. The number of anilines is 1. The molecule has 1 aromatic carbocycles. The molecule has 0 spiro atoms. The first-order chi connectivity index (χ1) is 15.4. The van der Waals surface area contributed by atoms with Crippen LogP contribution in [0.15, 0.2) is 48.7 Å². The molecule has 160 valence electrons. The van der Waals surface area contributed by atoms with Gasteiger partial charge in [-0.25, -0.2) is 18.9 Å². The Balaban J connectivity index is 1.50. The largest absolute Gasteiger partial charge is 0.310 e. The van der Waals surface area contributed by atoms with E-state index in [2.05, 4.69) is 25.4 Å². The standard InChI is InChI=1S/C23H20FN7O/c1-13-8-9-30-19(10-13)27-21(16-4-6-17(24)7-5-16)22(30)28-20(32)12-18-26-23-25-14(2)11-15(3)31(23)29-18/h4-11H,12H2,1-3H3,(H,28,32). The van der Waals surface area contributed by atoms with E-state index in [0.29, 0.717) is 34.3 Å². The Hall–Kier alpha value is -4.14. The van der Waals surface area contributed by atoms with Gasteiger partial charge in [0.2, 0.25) is 5.91 Å². The number of carbonyl (C=O) groups excluding carboxylic acids is 1. The summed E-state index contributed by atoms with van der Waals surface area (Å²) in [5.74, 6) is 0.710. The monoisotopic (exact) mass is 429 g/mol. The van der Waals surface area contributed by atoms with Gasteiger partial charge in [0.05, 0.1) is 6.42 Å². The number of pyridine rings is 1. The Labute approximate surface area is 182 Å². The minimum absolute atomic E-state index is 0.0240. The number of aromatic nitrogens is 6. The third-order valence-electron chi connectivity index (χ3n) is 5.14. The van der Waals surface area contributed by atoms with Crippen molar-refractivity contribution in [2.45, 2.75) is 27.2 Å². The molecule has 4 heterocycles. The van der Waals surface area contributed by atoms with E-state index in [1.165, 1.54) is 12.1 Å². The molecule has 1 amide bonds. The van der Waals surface area contributed by atoms with Crippen molar-refractivity contribution >= 4 is 23.1 Å². The highest BCUT2D eigenvalue weighted by molar-refractivity contribution is 5.95. The average Bonchev–Trinajstić information content (AvgIpc) is 3.29. The molecule has 0 atom stereocenters. The van der Waals surface area contributed by atoms with Crippen molar-refractivity contribution in [2.75, 3.05) is 5.32 Å². The van der Waals surface area contributed by atoms with Gasteiger partial charge in [0, 0.05) is 23.1 Å². The maximum absolute atomic E-state index is 13.4. The zero-order chi connectivity index (χ0) is 22.4. The third kappa shape index (κ3) is 3.58. The van der Waals surface area contributed by atoms with Crippen LogP contribution in [0.4, 0.5) is 10.2 Å². The number of rotatable bonds is 4. The van der Waals surface area contributed by atoms with Gasteiger partial charge < -0.3 is 5.32 Å². The lowest BCUT2D eigenvalue weighted by Crippen LogP contribution is -2.17. The zero-order valence-electron chi connectivity index (χ0n) is 17.8. The Bertz CT molecular complexity index is 1480. The molecule has 0 saturated heterocycles. The van der Waals surface area contributed by atoms with Crippen molar-refractivity contribution < 1.29 is 9.18 Å². The molecule has 0 bridgehead atoms. The molecule has 5 aromatic rings. The van der Waals surface area contributed by atoms with Crippen LogP contribution in [0.5, 0.6) is 0 Å². The Kier molecular flexibility index (Phi) is 4.66. The SMILES string of the molecule is Cc1ccn2c(NC(=O)Cc3nc4nc(C)cc(C)n4n3)c(-c3ccc(F)cc3)nc2c1. The molecular formula is C23H20FN7O. The summed E-state index contributed by atoms with van der Waals surface area (Å²) in [7, 11) is 0. The van der Waals surface area contributed by atoms with Crippen molar-refractivity contribution in [1.82, 2.24) is 29.0 Å². The highest BCUT2D eigenvalue weighted by atomic mass is 19.1. The van der Waals surface area contributed by atoms with Crippen molar-refractivity contribution in [3.63, 3.8) is 0 Å².